The first-order chi connectivity index (χ1) is 7.24. The standard InChI is InChI=1S/3C4H10O.Zr/c3*1-2-3-4-5;/h3*5H,2-4H2,1H3;. The molecule has 0 radical (unpaired) electrons. The van der Waals surface area contributed by atoms with Crippen LogP contribution in [0.1, 0.15) is 59.3 Å². The van der Waals surface area contributed by atoms with Crippen molar-refractivity contribution in [2.45, 2.75) is 59.3 Å². The molecular weight excluding hydrogens is 283 g/mol. The fourth-order valence-corrected chi connectivity index (χ4v) is 0.474. The second-order valence-corrected chi connectivity index (χ2v) is 3.23. The van der Waals surface area contributed by atoms with Crippen molar-refractivity contribution in [2.75, 3.05) is 19.8 Å². The van der Waals surface area contributed by atoms with Crippen LogP contribution in [0.25, 0.3) is 0 Å². The molecule has 0 fully saturated rings. The average Bonchev–Trinajstić information content (AvgIpc) is 2.23. The average molecular weight is 314 g/mol. The molecule has 4 heteroatoms. The van der Waals surface area contributed by atoms with Crippen LogP contribution in [0, 0.1) is 0 Å². The topological polar surface area (TPSA) is 60.7 Å². The van der Waals surface area contributed by atoms with Gasteiger partial charge in [0.05, 0.1) is 0 Å². The summed E-state index contributed by atoms with van der Waals surface area (Å²) < 4.78 is 0. The van der Waals surface area contributed by atoms with Crippen molar-refractivity contribution >= 4 is 0 Å². The summed E-state index contributed by atoms with van der Waals surface area (Å²) in [6.45, 7) is 7.19. The zero-order chi connectivity index (χ0) is 12.4. The Morgan fingerprint density at radius 1 is 0.562 bits per heavy atom. The number of aliphatic hydroxyl groups excluding tert-OH is 3. The first-order valence-electron chi connectivity index (χ1n) is 6.07. The fourth-order valence-electron chi connectivity index (χ4n) is 0.474. The van der Waals surface area contributed by atoms with Crippen molar-refractivity contribution in [3.05, 3.63) is 0 Å². The fraction of sp³-hybridized carbons (Fsp3) is 1.00. The third-order valence-electron chi connectivity index (χ3n) is 1.54. The summed E-state index contributed by atoms with van der Waals surface area (Å²) in [4.78, 5) is 0. The van der Waals surface area contributed by atoms with Crippen LogP contribution < -0.4 is 0 Å². The van der Waals surface area contributed by atoms with E-state index in [0.29, 0.717) is 19.8 Å². The van der Waals surface area contributed by atoms with Crippen molar-refractivity contribution in [1.29, 1.82) is 0 Å². The van der Waals surface area contributed by atoms with Crippen molar-refractivity contribution in [2.24, 2.45) is 0 Å². The molecule has 0 spiro atoms. The maximum atomic E-state index is 8.07. The van der Waals surface area contributed by atoms with Crippen LogP contribution in [0.4, 0.5) is 0 Å². The molecule has 0 saturated carbocycles. The van der Waals surface area contributed by atoms with Gasteiger partial charge in [-0.1, -0.05) is 40.0 Å². The molecule has 0 aliphatic heterocycles. The second kappa shape index (κ2) is 36.0. The van der Waals surface area contributed by atoms with Gasteiger partial charge in [-0.25, -0.2) is 0 Å². The third-order valence-corrected chi connectivity index (χ3v) is 1.54. The normalized spacial score (nSPS) is 7.88. The summed E-state index contributed by atoms with van der Waals surface area (Å²) in [5.41, 5.74) is 0. The van der Waals surface area contributed by atoms with Crippen LogP contribution in [0.2, 0.25) is 0 Å². The quantitative estimate of drug-likeness (QED) is 0.705. The molecule has 0 aromatic carbocycles. The van der Waals surface area contributed by atoms with Gasteiger partial charge in [0.25, 0.3) is 0 Å². The van der Waals surface area contributed by atoms with E-state index in [1.165, 1.54) is 0 Å². The van der Waals surface area contributed by atoms with E-state index in [1.807, 2.05) is 0 Å². The Bertz CT molecular complexity index is 53.0. The van der Waals surface area contributed by atoms with Gasteiger partial charge in [-0.3, -0.25) is 0 Å². The van der Waals surface area contributed by atoms with Gasteiger partial charge in [0.1, 0.15) is 0 Å². The number of hydrogen-bond acceptors (Lipinski definition) is 3. The first kappa shape index (κ1) is 25.6. The maximum Gasteiger partial charge on any atom is 0.0430 e. The summed E-state index contributed by atoms with van der Waals surface area (Å²) in [5, 5.41) is 24.2. The van der Waals surface area contributed by atoms with E-state index < -0.39 is 0 Å². The van der Waals surface area contributed by atoms with Crippen LogP contribution in [0.15, 0.2) is 0 Å². The van der Waals surface area contributed by atoms with Gasteiger partial charge < -0.3 is 15.3 Å². The Morgan fingerprint density at radius 2 is 0.750 bits per heavy atom. The molecule has 0 amide bonds. The molecule has 0 bridgehead atoms. The van der Waals surface area contributed by atoms with E-state index in [2.05, 4.69) is 20.8 Å². The van der Waals surface area contributed by atoms with E-state index >= 15 is 0 Å². The summed E-state index contributed by atoms with van der Waals surface area (Å²) >= 11 is 0. The zero-order valence-electron chi connectivity index (χ0n) is 11.2. The summed E-state index contributed by atoms with van der Waals surface area (Å²) in [6, 6.07) is 0. The van der Waals surface area contributed by atoms with E-state index in [1.54, 1.807) is 0 Å². The van der Waals surface area contributed by atoms with Gasteiger partial charge in [-0.15, -0.1) is 0 Å². The molecular formula is C12H30O3Zr. The van der Waals surface area contributed by atoms with Crippen molar-refractivity contribution in [3.8, 4) is 0 Å². The molecule has 0 aliphatic rings. The first-order valence-corrected chi connectivity index (χ1v) is 6.07. The molecule has 0 aromatic heterocycles. The Labute approximate surface area is 120 Å². The minimum atomic E-state index is 0. The largest absolute Gasteiger partial charge is 0.396 e. The molecule has 0 saturated heterocycles. The van der Waals surface area contributed by atoms with Gasteiger partial charge in [0.2, 0.25) is 0 Å². The van der Waals surface area contributed by atoms with Crippen LogP contribution in [-0.2, 0) is 26.2 Å². The maximum absolute atomic E-state index is 8.07. The van der Waals surface area contributed by atoms with Crippen molar-refractivity contribution in [1.82, 2.24) is 0 Å². The van der Waals surface area contributed by atoms with E-state index in [-0.39, 0.29) is 26.2 Å². The Morgan fingerprint density at radius 3 is 0.750 bits per heavy atom. The predicted octanol–water partition coefficient (Wildman–Crippen LogP) is 2.33. The Balaban J connectivity index is -0.0000000655. The summed E-state index contributed by atoms with van der Waals surface area (Å²) in [7, 11) is 0. The minimum absolute atomic E-state index is 0. The SMILES string of the molecule is CCCCO.CCCCO.CCCCO.[Zr]. The zero-order valence-corrected chi connectivity index (χ0v) is 13.7. The molecule has 0 rings (SSSR count). The molecule has 0 aromatic rings. The molecule has 3 N–H and O–H groups in total. The monoisotopic (exact) mass is 312 g/mol. The number of rotatable bonds is 6. The second-order valence-electron chi connectivity index (χ2n) is 3.23. The number of aliphatic hydroxyl groups is 3. The smallest absolute Gasteiger partial charge is 0.0430 e. The van der Waals surface area contributed by atoms with Gasteiger partial charge in [-0.2, -0.15) is 0 Å². The molecule has 3 nitrogen and oxygen atoms in total. The Hall–Kier alpha value is 0.763. The van der Waals surface area contributed by atoms with E-state index in [0.717, 1.165) is 38.5 Å². The number of unbranched alkanes of at least 4 members (excludes halogenated alkanes) is 3. The van der Waals surface area contributed by atoms with Gasteiger partial charge in [0, 0.05) is 46.0 Å². The van der Waals surface area contributed by atoms with Crippen molar-refractivity contribution < 1.29 is 41.5 Å². The minimum Gasteiger partial charge on any atom is -0.396 e. The van der Waals surface area contributed by atoms with Crippen molar-refractivity contribution in [3.63, 3.8) is 0 Å². The molecule has 0 heterocycles. The molecule has 0 unspecified atom stereocenters. The van der Waals surface area contributed by atoms with E-state index in [9.17, 15) is 0 Å². The molecule has 0 aliphatic carbocycles. The van der Waals surface area contributed by atoms with Crippen LogP contribution in [0.5, 0.6) is 0 Å². The van der Waals surface area contributed by atoms with Gasteiger partial charge >= 0.3 is 0 Å². The summed E-state index contributed by atoms with van der Waals surface area (Å²) in [5.74, 6) is 0. The van der Waals surface area contributed by atoms with Gasteiger partial charge in [0.15, 0.2) is 0 Å². The number of hydrogen-bond donors (Lipinski definition) is 3. The third kappa shape index (κ3) is 61.1. The molecule has 100 valence electrons. The summed E-state index contributed by atoms with van der Waals surface area (Å²) in [6.07, 6.45) is 6.11. The van der Waals surface area contributed by atoms with Crippen LogP contribution in [0.3, 0.4) is 0 Å². The molecule has 0 atom stereocenters. The van der Waals surface area contributed by atoms with E-state index in [4.69, 9.17) is 15.3 Å². The Kier molecular flexibility index (Phi) is 57.6. The van der Waals surface area contributed by atoms with Crippen LogP contribution in [-0.4, -0.2) is 35.1 Å². The van der Waals surface area contributed by atoms with Gasteiger partial charge in [-0.05, 0) is 19.3 Å². The van der Waals surface area contributed by atoms with Crippen LogP contribution >= 0.6 is 0 Å². The predicted molar refractivity (Wildman–Crippen MR) is 66.0 cm³/mol. The molecule has 16 heavy (non-hydrogen) atoms.